The lowest BCUT2D eigenvalue weighted by molar-refractivity contribution is -0.142. The molecule has 0 heterocycles. The number of allylic oxidation sites excluding steroid dienone is 4. The van der Waals surface area contributed by atoms with Crippen molar-refractivity contribution < 1.29 is 79.2 Å². The van der Waals surface area contributed by atoms with Gasteiger partial charge in [0, 0.05) is 46.0 Å². The van der Waals surface area contributed by atoms with Crippen molar-refractivity contribution in [2.24, 2.45) is 23.7 Å². The average Bonchev–Trinajstić information content (AvgIpc) is 2.05. The smallest absolute Gasteiger partial charge is 0.307 e. The quantitative estimate of drug-likeness (QED) is 0.0207. The number of rotatable bonds is 72. The fraction of sp³-hybridized carbons (Fsp3) is 0.792. The van der Waals surface area contributed by atoms with Gasteiger partial charge in [0.1, 0.15) is 0 Å². The summed E-state index contributed by atoms with van der Waals surface area (Å²) >= 11 is 5.73. The predicted octanol–water partition coefficient (Wildman–Crippen LogP) is 22.1. The molecule has 0 aromatic carbocycles. The van der Waals surface area contributed by atoms with Gasteiger partial charge in [-0.25, -0.2) is 0 Å². The van der Waals surface area contributed by atoms with Gasteiger partial charge in [-0.15, -0.1) is 26.3 Å². The van der Waals surface area contributed by atoms with Crippen molar-refractivity contribution in [1.29, 1.82) is 0 Å². The molecule has 0 aliphatic rings. The molecular weight excluding hydrogens is 1310 g/mol. The Morgan fingerprint density at radius 3 is 0.495 bits per heavy atom. The SMILES string of the molecule is C.C=CCCCCCCCCCCCC(CSCCC(=O)O)C(=O)O.C=CCCCCCCCCCCCC(CSCCC(=O)O)C(=O)O.C=CCCCCCCCCCCCC(CSCCC(=O)O)C(=O)O.C=CCCCCCCCCCCCC(CSCCC(=O)O)C(=O)O. The van der Waals surface area contributed by atoms with E-state index >= 15 is 0 Å². The fourth-order valence-electron chi connectivity index (χ4n) is 10.3. The van der Waals surface area contributed by atoms with Gasteiger partial charge in [0.15, 0.2) is 0 Å². The monoisotopic (exact) mass is 1450 g/mol. The molecule has 0 rings (SSSR count). The summed E-state index contributed by atoms with van der Waals surface area (Å²) < 4.78 is 0. The van der Waals surface area contributed by atoms with Gasteiger partial charge in [0.05, 0.1) is 49.4 Å². The highest BCUT2D eigenvalue weighted by Crippen LogP contribution is 2.23. The molecule has 0 aliphatic carbocycles. The van der Waals surface area contributed by atoms with Crippen LogP contribution in [0.15, 0.2) is 50.6 Å². The maximum atomic E-state index is 11.2. The topological polar surface area (TPSA) is 298 Å². The summed E-state index contributed by atoms with van der Waals surface area (Å²) in [6.07, 6.45) is 59.3. The third-order valence-electron chi connectivity index (χ3n) is 16.4. The summed E-state index contributed by atoms with van der Waals surface area (Å²) in [7, 11) is 0. The standard InChI is InChI=1S/4C19H34O4S.CH4/c4*1-2-3-4-5-6-7-8-9-10-11-12-13-17(19(22)23)16-24-15-14-18(20)21;/h4*2,17H,1,3-16H2,(H,20,21)(H,22,23);1H4. The van der Waals surface area contributed by atoms with Crippen LogP contribution in [-0.2, 0) is 38.4 Å². The molecule has 0 radical (unpaired) electrons. The van der Waals surface area contributed by atoms with E-state index in [2.05, 4.69) is 26.3 Å². The molecule has 568 valence electrons. The summed E-state index contributed by atoms with van der Waals surface area (Å²) in [6.45, 7) is 14.9. The lowest BCUT2D eigenvalue weighted by Gasteiger charge is -2.11. The summed E-state index contributed by atoms with van der Waals surface area (Å²) in [5, 5.41) is 71.1. The van der Waals surface area contributed by atoms with Crippen molar-refractivity contribution in [3.05, 3.63) is 50.6 Å². The Morgan fingerprint density at radius 2 is 0.371 bits per heavy atom. The van der Waals surface area contributed by atoms with Crippen LogP contribution in [0.4, 0.5) is 0 Å². The zero-order valence-electron chi connectivity index (χ0n) is 59.5. The molecule has 0 aromatic heterocycles. The minimum absolute atomic E-state index is 0. The number of carboxylic acid groups (broad SMARTS) is 8. The Kier molecular flexibility index (Phi) is 86.9. The molecular formula is C77H140O16S4. The van der Waals surface area contributed by atoms with Crippen molar-refractivity contribution in [3.63, 3.8) is 0 Å². The number of hydrogen-bond donors (Lipinski definition) is 8. The Bertz CT molecular complexity index is 1640. The van der Waals surface area contributed by atoms with Crippen molar-refractivity contribution in [2.75, 3.05) is 46.0 Å². The lowest BCUT2D eigenvalue weighted by Crippen LogP contribution is -2.16. The van der Waals surface area contributed by atoms with Gasteiger partial charge in [0.2, 0.25) is 0 Å². The lowest BCUT2D eigenvalue weighted by atomic mass is 10.0. The Labute approximate surface area is 606 Å². The van der Waals surface area contributed by atoms with E-state index < -0.39 is 47.8 Å². The summed E-state index contributed by atoms with van der Waals surface area (Å²) in [6, 6.07) is 0. The first-order valence-electron chi connectivity index (χ1n) is 36.8. The van der Waals surface area contributed by atoms with Crippen LogP contribution in [0.25, 0.3) is 0 Å². The molecule has 97 heavy (non-hydrogen) atoms. The van der Waals surface area contributed by atoms with E-state index in [-0.39, 0.29) is 56.8 Å². The van der Waals surface area contributed by atoms with Gasteiger partial charge in [-0.05, 0) is 77.0 Å². The second-order valence-corrected chi connectivity index (χ2v) is 29.8. The minimum atomic E-state index is -0.824. The highest BCUT2D eigenvalue weighted by molar-refractivity contribution is 8.00. The zero-order chi connectivity index (χ0) is 72.2. The summed E-state index contributed by atoms with van der Waals surface area (Å²) in [5.41, 5.74) is 0. The molecule has 8 N–H and O–H groups in total. The minimum Gasteiger partial charge on any atom is -0.481 e. The number of unbranched alkanes of at least 4 members (excludes halogenated alkanes) is 36. The van der Waals surface area contributed by atoms with E-state index in [1.54, 1.807) is 0 Å². The third-order valence-corrected chi connectivity index (χ3v) is 20.9. The van der Waals surface area contributed by atoms with Crippen LogP contribution in [0.5, 0.6) is 0 Å². The van der Waals surface area contributed by atoms with Crippen LogP contribution >= 0.6 is 47.0 Å². The second-order valence-electron chi connectivity index (χ2n) is 25.2. The van der Waals surface area contributed by atoms with E-state index in [1.807, 2.05) is 24.3 Å². The van der Waals surface area contributed by atoms with Crippen LogP contribution in [0.2, 0.25) is 0 Å². The van der Waals surface area contributed by atoms with E-state index in [0.717, 1.165) is 77.0 Å². The fourth-order valence-corrected chi connectivity index (χ4v) is 14.6. The molecule has 20 heteroatoms. The highest BCUT2D eigenvalue weighted by atomic mass is 32.2. The van der Waals surface area contributed by atoms with Gasteiger partial charge in [-0.2, -0.15) is 47.0 Å². The molecule has 16 nitrogen and oxygen atoms in total. The first kappa shape index (κ1) is 102. The van der Waals surface area contributed by atoms with Crippen molar-refractivity contribution in [1.82, 2.24) is 0 Å². The van der Waals surface area contributed by atoms with Crippen molar-refractivity contribution >= 4 is 94.8 Å². The molecule has 0 bridgehead atoms. The molecule has 0 aromatic rings. The van der Waals surface area contributed by atoms with Gasteiger partial charge in [-0.3, -0.25) is 38.4 Å². The molecule has 0 saturated carbocycles. The van der Waals surface area contributed by atoms with Crippen LogP contribution in [0, 0.1) is 23.7 Å². The Hall–Kier alpha value is -3.88. The van der Waals surface area contributed by atoms with Crippen molar-refractivity contribution in [2.45, 2.75) is 316 Å². The molecule has 0 fully saturated rings. The summed E-state index contributed by atoms with van der Waals surface area (Å²) in [5.74, 6) is -3.61. The predicted molar refractivity (Wildman–Crippen MR) is 413 cm³/mol. The largest absolute Gasteiger partial charge is 0.481 e. The number of aliphatic carboxylic acids is 8. The van der Waals surface area contributed by atoms with Gasteiger partial charge in [0.25, 0.3) is 0 Å². The van der Waals surface area contributed by atoms with Gasteiger partial charge in [-0.1, -0.05) is 237 Å². The molecule has 0 saturated heterocycles. The second kappa shape index (κ2) is 82.8. The van der Waals surface area contributed by atoms with Crippen LogP contribution < -0.4 is 0 Å². The Morgan fingerprint density at radius 1 is 0.237 bits per heavy atom. The van der Waals surface area contributed by atoms with Crippen molar-refractivity contribution in [3.8, 4) is 0 Å². The highest BCUT2D eigenvalue weighted by Gasteiger charge is 2.20. The Balaban J connectivity index is -0.000000386. The number of carboxylic acids is 8. The molecule has 4 atom stereocenters. The normalized spacial score (nSPS) is 11.9. The van der Waals surface area contributed by atoms with E-state index in [9.17, 15) is 58.8 Å². The van der Waals surface area contributed by atoms with Crippen LogP contribution in [0.3, 0.4) is 0 Å². The first-order valence-corrected chi connectivity index (χ1v) is 41.5. The third kappa shape index (κ3) is 88.2. The number of hydrogen-bond acceptors (Lipinski definition) is 12. The number of carbonyl (C=O) groups is 8. The molecule has 0 amide bonds. The first-order chi connectivity index (χ1) is 46.3. The average molecular weight is 1450 g/mol. The van der Waals surface area contributed by atoms with E-state index in [1.165, 1.54) is 227 Å². The molecule has 4 unspecified atom stereocenters. The number of thioether (sulfide) groups is 4. The van der Waals surface area contributed by atoms with Crippen LogP contribution in [-0.4, -0.2) is 135 Å². The maximum absolute atomic E-state index is 11.2. The van der Waals surface area contributed by atoms with E-state index in [0.29, 0.717) is 71.7 Å². The molecule has 0 aliphatic heterocycles. The van der Waals surface area contributed by atoms with Gasteiger partial charge < -0.3 is 40.9 Å². The summed E-state index contributed by atoms with van der Waals surface area (Å²) in [4.78, 5) is 86.5. The molecule has 0 spiro atoms. The maximum Gasteiger partial charge on any atom is 0.307 e. The zero-order valence-corrected chi connectivity index (χ0v) is 62.8. The van der Waals surface area contributed by atoms with Gasteiger partial charge >= 0.3 is 47.8 Å². The van der Waals surface area contributed by atoms with E-state index in [4.69, 9.17) is 20.4 Å². The van der Waals surface area contributed by atoms with Crippen LogP contribution in [0.1, 0.15) is 316 Å².